The van der Waals surface area contributed by atoms with Crippen molar-refractivity contribution in [2.75, 3.05) is 39.4 Å². The molecule has 1 atom stereocenters. The van der Waals surface area contributed by atoms with Gasteiger partial charge in [-0.3, -0.25) is 0 Å². The molecule has 1 saturated heterocycles. The van der Waals surface area contributed by atoms with Gasteiger partial charge >= 0.3 is 0 Å². The summed E-state index contributed by atoms with van der Waals surface area (Å²) in [6.45, 7) is 8.22. The lowest BCUT2D eigenvalue weighted by Gasteiger charge is -2.29. The van der Waals surface area contributed by atoms with Crippen LogP contribution in [0.2, 0.25) is 0 Å². The third kappa shape index (κ3) is 2.41. The standard InChI is InChI=1S/C13H26N2O/c1-2-16-10-12-9-15(8-7-14)11-13(12)5-3-4-6-13/h12H,2-11,14H2,1H3. The molecule has 2 N–H and O–H groups in total. The van der Waals surface area contributed by atoms with Crippen molar-refractivity contribution in [3.63, 3.8) is 0 Å². The normalized spacial score (nSPS) is 29.2. The van der Waals surface area contributed by atoms with E-state index in [0.29, 0.717) is 5.41 Å². The molecule has 3 nitrogen and oxygen atoms in total. The Kier molecular flexibility index (Phi) is 4.22. The van der Waals surface area contributed by atoms with Crippen molar-refractivity contribution in [3.05, 3.63) is 0 Å². The second kappa shape index (κ2) is 5.48. The molecule has 2 rings (SSSR count). The summed E-state index contributed by atoms with van der Waals surface area (Å²) in [6, 6.07) is 0. The van der Waals surface area contributed by atoms with Gasteiger partial charge in [0.25, 0.3) is 0 Å². The molecule has 1 saturated carbocycles. The molecule has 0 aromatic rings. The van der Waals surface area contributed by atoms with E-state index >= 15 is 0 Å². The van der Waals surface area contributed by atoms with E-state index < -0.39 is 0 Å². The number of hydrogen-bond acceptors (Lipinski definition) is 3. The number of rotatable bonds is 5. The summed E-state index contributed by atoms with van der Waals surface area (Å²) in [5.74, 6) is 0.751. The summed E-state index contributed by atoms with van der Waals surface area (Å²) in [7, 11) is 0. The van der Waals surface area contributed by atoms with E-state index in [1.165, 1.54) is 38.8 Å². The van der Waals surface area contributed by atoms with E-state index in [-0.39, 0.29) is 0 Å². The molecular weight excluding hydrogens is 200 g/mol. The van der Waals surface area contributed by atoms with Crippen LogP contribution in [0.25, 0.3) is 0 Å². The quantitative estimate of drug-likeness (QED) is 0.771. The summed E-state index contributed by atoms with van der Waals surface area (Å²) in [4.78, 5) is 2.55. The lowest BCUT2D eigenvalue weighted by atomic mass is 9.77. The van der Waals surface area contributed by atoms with Crippen molar-refractivity contribution >= 4 is 0 Å². The van der Waals surface area contributed by atoms with Gasteiger partial charge in [-0.2, -0.15) is 0 Å². The summed E-state index contributed by atoms with van der Waals surface area (Å²) in [5, 5.41) is 0. The van der Waals surface area contributed by atoms with Crippen LogP contribution in [0.3, 0.4) is 0 Å². The van der Waals surface area contributed by atoms with Gasteiger partial charge in [0.2, 0.25) is 0 Å². The number of ether oxygens (including phenoxy) is 1. The lowest BCUT2D eigenvalue weighted by Crippen LogP contribution is -2.30. The molecule has 0 bridgehead atoms. The minimum Gasteiger partial charge on any atom is -0.381 e. The summed E-state index contributed by atoms with van der Waals surface area (Å²) >= 11 is 0. The maximum atomic E-state index is 5.67. The molecular formula is C13H26N2O. The van der Waals surface area contributed by atoms with Crippen molar-refractivity contribution < 1.29 is 4.74 Å². The van der Waals surface area contributed by atoms with Crippen LogP contribution in [-0.4, -0.2) is 44.3 Å². The highest BCUT2D eigenvalue weighted by atomic mass is 16.5. The van der Waals surface area contributed by atoms with Crippen LogP contribution in [0, 0.1) is 11.3 Å². The predicted molar refractivity (Wildman–Crippen MR) is 66.4 cm³/mol. The molecule has 1 unspecified atom stereocenters. The van der Waals surface area contributed by atoms with E-state index in [1.54, 1.807) is 0 Å². The molecule has 3 heteroatoms. The van der Waals surface area contributed by atoms with Gasteiger partial charge in [-0.05, 0) is 25.2 Å². The highest BCUT2D eigenvalue weighted by Crippen LogP contribution is 2.48. The Hall–Kier alpha value is -0.120. The van der Waals surface area contributed by atoms with Crippen molar-refractivity contribution in [1.29, 1.82) is 0 Å². The first kappa shape index (κ1) is 12.3. The first-order valence-electron chi connectivity index (χ1n) is 6.81. The van der Waals surface area contributed by atoms with Gasteiger partial charge in [0.05, 0.1) is 6.61 Å². The highest BCUT2D eigenvalue weighted by Gasteiger charge is 2.47. The van der Waals surface area contributed by atoms with Gasteiger partial charge < -0.3 is 15.4 Å². The zero-order valence-corrected chi connectivity index (χ0v) is 10.6. The summed E-state index contributed by atoms with van der Waals surface area (Å²) < 4.78 is 5.67. The molecule has 1 aliphatic carbocycles. The predicted octanol–water partition coefficient (Wildman–Crippen LogP) is 1.47. The fourth-order valence-electron chi connectivity index (χ4n) is 3.63. The van der Waals surface area contributed by atoms with E-state index in [2.05, 4.69) is 11.8 Å². The Labute approximate surface area is 99.3 Å². The van der Waals surface area contributed by atoms with Gasteiger partial charge in [-0.1, -0.05) is 12.8 Å². The molecule has 1 aliphatic heterocycles. The Morgan fingerprint density at radius 3 is 2.75 bits per heavy atom. The fourth-order valence-corrected chi connectivity index (χ4v) is 3.63. The first-order chi connectivity index (χ1) is 7.80. The summed E-state index contributed by atoms with van der Waals surface area (Å²) in [5.41, 5.74) is 6.24. The van der Waals surface area contributed by atoms with E-state index in [4.69, 9.17) is 10.5 Å². The smallest absolute Gasteiger partial charge is 0.0512 e. The van der Waals surface area contributed by atoms with Crippen LogP contribution in [0.1, 0.15) is 32.6 Å². The van der Waals surface area contributed by atoms with Crippen LogP contribution in [0.15, 0.2) is 0 Å². The molecule has 16 heavy (non-hydrogen) atoms. The van der Waals surface area contributed by atoms with Crippen molar-refractivity contribution in [1.82, 2.24) is 4.90 Å². The first-order valence-corrected chi connectivity index (χ1v) is 6.81. The van der Waals surface area contributed by atoms with Crippen LogP contribution < -0.4 is 5.73 Å². The van der Waals surface area contributed by atoms with Gasteiger partial charge in [0.1, 0.15) is 0 Å². The van der Waals surface area contributed by atoms with Crippen LogP contribution >= 0.6 is 0 Å². The molecule has 94 valence electrons. The Bertz CT molecular complexity index is 214. The number of nitrogens with zero attached hydrogens (tertiary/aromatic N) is 1. The maximum Gasteiger partial charge on any atom is 0.0512 e. The molecule has 2 fully saturated rings. The van der Waals surface area contributed by atoms with Crippen molar-refractivity contribution in [2.45, 2.75) is 32.6 Å². The molecule has 1 heterocycles. The number of likely N-dealkylation sites (tertiary alicyclic amines) is 1. The van der Waals surface area contributed by atoms with Crippen LogP contribution in [0.5, 0.6) is 0 Å². The zero-order chi connectivity index (χ0) is 11.4. The Balaban J connectivity index is 1.96. The molecule has 0 aromatic carbocycles. The van der Waals surface area contributed by atoms with E-state index in [9.17, 15) is 0 Å². The number of hydrogen-bond donors (Lipinski definition) is 1. The van der Waals surface area contributed by atoms with Gasteiger partial charge in [0.15, 0.2) is 0 Å². The average Bonchev–Trinajstić information content (AvgIpc) is 2.86. The Morgan fingerprint density at radius 2 is 2.12 bits per heavy atom. The second-order valence-electron chi connectivity index (χ2n) is 5.45. The van der Waals surface area contributed by atoms with Gasteiger partial charge in [-0.25, -0.2) is 0 Å². The number of nitrogens with two attached hydrogens (primary N) is 1. The average molecular weight is 226 g/mol. The fraction of sp³-hybridized carbons (Fsp3) is 1.00. The minimum absolute atomic E-state index is 0.574. The second-order valence-corrected chi connectivity index (χ2v) is 5.45. The molecule has 2 aliphatic rings. The van der Waals surface area contributed by atoms with E-state index in [1.807, 2.05) is 0 Å². The van der Waals surface area contributed by atoms with E-state index in [0.717, 1.165) is 32.2 Å². The topological polar surface area (TPSA) is 38.5 Å². The molecule has 1 spiro atoms. The third-order valence-electron chi connectivity index (χ3n) is 4.45. The zero-order valence-electron chi connectivity index (χ0n) is 10.6. The highest BCUT2D eigenvalue weighted by molar-refractivity contribution is 4.99. The SMILES string of the molecule is CCOCC1CN(CCN)CC12CCCC2. The largest absolute Gasteiger partial charge is 0.381 e. The van der Waals surface area contributed by atoms with Crippen molar-refractivity contribution in [2.24, 2.45) is 17.1 Å². The minimum atomic E-state index is 0.574. The summed E-state index contributed by atoms with van der Waals surface area (Å²) in [6.07, 6.45) is 5.65. The molecule has 0 amide bonds. The Morgan fingerprint density at radius 1 is 1.38 bits per heavy atom. The van der Waals surface area contributed by atoms with Gasteiger partial charge in [0, 0.05) is 38.7 Å². The lowest BCUT2D eigenvalue weighted by molar-refractivity contribution is 0.0688. The monoisotopic (exact) mass is 226 g/mol. The van der Waals surface area contributed by atoms with Crippen molar-refractivity contribution in [3.8, 4) is 0 Å². The molecule has 0 radical (unpaired) electrons. The van der Waals surface area contributed by atoms with Crippen LogP contribution in [-0.2, 0) is 4.74 Å². The third-order valence-corrected chi connectivity index (χ3v) is 4.45. The molecule has 0 aromatic heterocycles. The maximum absolute atomic E-state index is 5.67. The van der Waals surface area contributed by atoms with Gasteiger partial charge in [-0.15, -0.1) is 0 Å². The van der Waals surface area contributed by atoms with Crippen LogP contribution in [0.4, 0.5) is 0 Å².